The number of nitrogens with zero attached hydrogens (tertiary/aromatic N) is 4. The minimum absolute atomic E-state index is 0.0141. The van der Waals surface area contributed by atoms with Crippen molar-refractivity contribution in [1.82, 2.24) is 14.4 Å². The Morgan fingerprint density at radius 3 is 2.82 bits per heavy atom. The Morgan fingerprint density at radius 2 is 2.14 bits per heavy atom. The summed E-state index contributed by atoms with van der Waals surface area (Å²) in [6.45, 7) is 2.55. The molecule has 1 aliphatic heterocycles. The van der Waals surface area contributed by atoms with Crippen LogP contribution in [0.4, 0.5) is 5.69 Å². The molecule has 0 spiro atoms. The van der Waals surface area contributed by atoms with Crippen molar-refractivity contribution in [3.63, 3.8) is 0 Å². The molecule has 22 heavy (non-hydrogen) atoms. The summed E-state index contributed by atoms with van der Waals surface area (Å²) in [7, 11) is 1.14. The Bertz CT molecular complexity index is 782. The summed E-state index contributed by atoms with van der Waals surface area (Å²) in [6, 6.07) is 0. The number of rotatable bonds is 2. The number of ether oxygens (including phenoxy) is 2. The molecule has 0 atom stereocenters. The molecule has 0 bridgehead atoms. The van der Waals surface area contributed by atoms with E-state index in [1.807, 2.05) is 4.90 Å². The zero-order valence-electron chi connectivity index (χ0n) is 11.9. The van der Waals surface area contributed by atoms with Gasteiger partial charge in [0.25, 0.3) is 0 Å². The van der Waals surface area contributed by atoms with Crippen molar-refractivity contribution in [2.75, 3.05) is 38.3 Å². The molecule has 1 aliphatic rings. The van der Waals surface area contributed by atoms with Gasteiger partial charge < -0.3 is 19.5 Å². The molecule has 3 rings (SSSR count). The molecule has 0 aromatic carbocycles. The summed E-state index contributed by atoms with van der Waals surface area (Å²) in [4.78, 5) is 33.7. The van der Waals surface area contributed by atoms with Gasteiger partial charge in [-0.05, 0) is 0 Å². The van der Waals surface area contributed by atoms with Crippen molar-refractivity contribution in [3.05, 3.63) is 28.4 Å². The standard InChI is InChI=1S/C13H14N4O5/c1-21-12(20)9-10(18)11(19)17-7-8(6-14-13(17)15-9)16-2-4-22-5-3-16/h6-7,18H,2-5H2,1H3. The molecule has 0 unspecified atom stereocenters. The van der Waals surface area contributed by atoms with Gasteiger partial charge in [-0.1, -0.05) is 0 Å². The van der Waals surface area contributed by atoms with E-state index in [4.69, 9.17) is 4.74 Å². The van der Waals surface area contributed by atoms with Crippen LogP contribution >= 0.6 is 0 Å². The molecular weight excluding hydrogens is 292 g/mol. The predicted octanol–water partition coefficient (Wildman–Crippen LogP) is -0.582. The number of carbonyl (C=O) groups excluding carboxylic acids is 1. The number of hydrogen-bond donors (Lipinski definition) is 1. The Labute approximate surface area is 124 Å². The van der Waals surface area contributed by atoms with Gasteiger partial charge >= 0.3 is 11.5 Å². The lowest BCUT2D eigenvalue weighted by molar-refractivity contribution is 0.0590. The molecule has 1 N–H and O–H groups in total. The van der Waals surface area contributed by atoms with Crippen LogP contribution < -0.4 is 10.5 Å². The normalized spacial score (nSPS) is 15.0. The van der Waals surface area contributed by atoms with Crippen LogP contribution in [0.2, 0.25) is 0 Å². The van der Waals surface area contributed by atoms with E-state index in [0.717, 1.165) is 11.5 Å². The molecular formula is C13H14N4O5. The number of aromatic hydroxyl groups is 1. The first-order chi connectivity index (χ1) is 10.6. The maximum atomic E-state index is 12.2. The molecule has 3 heterocycles. The van der Waals surface area contributed by atoms with Crippen molar-refractivity contribution in [1.29, 1.82) is 0 Å². The maximum Gasteiger partial charge on any atom is 0.360 e. The summed E-state index contributed by atoms with van der Waals surface area (Å²) in [5.41, 5.74) is -0.503. The average molecular weight is 306 g/mol. The zero-order valence-corrected chi connectivity index (χ0v) is 11.9. The molecule has 0 aliphatic carbocycles. The second-order valence-electron chi connectivity index (χ2n) is 4.69. The fourth-order valence-electron chi connectivity index (χ4n) is 2.23. The number of anilines is 1. The number of esters is 1. The predicted molar refractivity (Wildman–Crippen MR) is 75.3 cm³/mol. The minimum Gasteiger partial charge on any atom is -0.501 e. The smallest absolute Gasteiger partial charge is 0.360 e. The largest absolute Gasteiger partial charge is 0.501 e. The quantitative estimate of drug-likeness (QED) is 0.734. The highest BCUT2D eigenvalue weighted by Crippen LogP contribution is 2.16. The molecule has 2 aromatic heterocycles. The van der Waals surface area contributed by atoms with Gasteiger partial charge in [0.1, 0.15) is 0 Å². The molecule has 9 heteroatoms. The highest BCUT2D eigenvalue weighted by atomic mass is 16.5. The summed E-state index contributed by atoms with van der Waals surface area (Å²) in [6.07, 6.45) is 3.09. The molecule has 116 valence electrons. The Morgan fingerprint density at radius 1 is 1.41 bits per heavy atom. The van der Waals surface area contributed by atoms with Gasteiger partial charge in [0.05, 0.1) is 32.2 Å². The summed E-state index contributed by atoms with van der Waals surface area (Å²) >= 11 is 0. The third-order valence-corrected chi connectivity index (χ3v) is 3.40. The van der Waals surface area contributed by atoms with Crippen molar-refractivity contribution >= 4 is 17.4 Å². The van der Waals surface area contributed by atoms with Gasteiger partial charge in [-0.15, -0.1) is 0 Å². The van der Waals surface area contributed by atoms with E-state index < -0.39 is 23.0 Å². The highest BCUT2D eigenvalue weighted by molar-refractivity contribution is 5.90. The van der Waals surface area contributed by atoms with E-state index in [1.165, 1.54) is 6.20 Å². The van der Waals surface area contributed by atoms with Gasteiger partial charge in [0.15, 0.2) is 5.69 Å². The monoisotopic (exact) mass is 306 g/mol. The molecule has 1 fully saturated rings. The van der Waals surface area contributed by atoms with Crippen molar-refractivity contribution < 1.29 is 19.4 Å². The van der Waals surface area contributed by atoms with Crippen LogP contribution in [0, 0.1) is 0 Å². The number of hydrogen-bond acceptors (Lipinski definition) is 8. The van der Waals surface area contributed by atoms with Crippen molar-refractivity contribution in [3.8, 4) is 5.75 Å². The van der Waals surface area contributed by atoms with Crippen LogP contribution in [-0.4, -0.2) is 58.9 Å². The lowest BCUT2D eigenvalue weighted by atomic mass is 10.3. The summed E-state index contributed by atoms with van der Waals surface area (Å²) in [5, 5.41) is 9.84. The van der Waals surface area contributed by atoms with Crippen LogP contribution in [-0.2, 0) is 9.47 Å². The molecule has 0 saturated carbocycles. The third-order valence-electron chi connectivity index (χ3n) is 3.40. The SMILES string of the molecule is COC(=O)c1nc2ncc(N3CCOCC3)cn2c(=O)c1O. The highest BCUT2D eigenvalue weighted by Gasteiger charge is 2.20. The second-order valence-corrected chi connectivity index (χ2v) is 4.69. The zero-order chi connectivity index (χ0) is 15.7. The minimum atomic E-state index is -0.892. The number of fused-ring (bicyclic) bond motifs is 1. The van der Waals surface area contributed by atoms with E-state index in [2.05, 4.69) is 14.7 Å². The van der Waals surface area contributed by atoms with E-state index >= 15 is 0 Å². The van der Waals surface area contributed by atoms with E-state index in [0.29, 0.717) is 32.0 Å². The lowest BCUT2D eigenvalue weighted by Crippen LogP contribution is -2.36. The first kappa shape index (κ1) is 14.3. The number of carbonyl (C=O) groups is 1. The van der Waals surface area contributed by atoms with Gasteiger partial charge in [-0.25, -0.2) is 19.2 Å². The fraction of sp³-hybridized carbons (Fsp3) is 0.385. The van der Waals surface area contributed by atoms with Crippen molar-refractivity contribution in [2.45, 2.75) is 0 Å². The van der Waals surface area contributed by atoms with Crippen LogP contribution in [0.5, 0.6) is 5.75 Å². The summed E-state index contributed by atoms with van der Waals surface area (Å²) < 4.78 is 10.9. The molecule has 1 saturated heterocycles. The van der Waals surface area contributed by atoms with Gasteiger partial charge in [-0.3, -0.25) is 4.79 Å². The molecule has 0 amide bonds. The van der Waals surface area contributed by atoms with Crippen LogP contribution in [0.1, 0.15) is 10.5 Å². The van der Waals surface area contributed by atoms with Crippen LogP contribution in [0.25, 0.3) is 5.78 Å². The van der Waals surface area contributed by atoms with Gasteiger partial charge in [0.2, 0.25) is 11.5 Å². The second kappa shape index (κ2) is 5.60. The van der Waals surface area contributed by atoms with E-state index in [9.17, 15) is 14.7 Å². The molecule has 0 radical (unpaired) electrons. The topological polar surface area (TPSA) is 106 Å². The molecule has 2 aromatic rings. The lowest BCUT2D eigenvalue weighted by Gasteiger charge is -2.28. The molecule has 9 nitrogen and oxygen atoms in total. The van der Waals surface area contributed by atoms with Gasteiger partial charge in [0, 0.05) is 19.3 Å². The summed E-state index contributed by atoms with van der Waals surface area (Å²) in [5.74, 6) is -1.64. The van der Waals surface area contributed by atoms with Crippen LogP contribution in [0.3, 0.4) is 0 Å². The first-order valence-electron chi connectivity index (χ1n) is 6.64. The first-order valence-corrected chi connectivity index (χ1v) is 6.64. The number of aromatic nitrogens is 3. The van der Waals surface area contributed by atoms with E-state index in [1.54, 1.807) is 6.20 Å². The Kier molecular flexibility index (Phi) is 3.63. The Balaban J connectivity index is 2.11. The number of methoxy groups -OCH3 is 1. The van der Waals surface area contributed by atoms with Crippen LogP contribution in [0.15, 0.2) is 17.2 Å². The van der Waals surface area contributed by atoms with Crippen molar-refractivity contribution in [2.24, 2.45) is 0 Å². The fourth-order valence-corrected chi connectivity index (χ4v) is 2.23. The maximum absolute atomic E-state index is 12.2. The third kappa shape index (κ3) is 2.35. The average Bonchev–Trinajstić information content (AvgIpc) is 2.58. The van der Waals surface area contributed by atoms with E-state index in [-0.39, 0.29) is 5.78 Å². The van der Waals surface area contributed by atoms with Gasteiger partial charge in [-0.2, -0.15) is 0 Å². The Hall–Kier alpha value is -2.68. The number of morpholine rings is 1.